The van der Waals surface area contributed by atoms with Crippen LogP contribution in [0.15, 0.2) is 10.9 Å². The first-order chi connectivity index (χ1) is 9.16. The number of amidine groups is 1. The number of hydrogen-bond donors (Lipinski definition) is 2. The number of aromatic nitrogens is 1. The number of hydrogen-bond acceptors (Lipinski definition) is 3. The second kappa shape index (κ2) is 4.81. The van der Waals surface area contributed by atoms with Crippen LogP contribution < -0.4 is 11.3 Å². The molecule has 3 N–H and O–H groups in total. The summed E-state index contributed by atoms with van der Waals surface area (Å²) in [5.74, 6) is -0.138. The van der Waals surface area contributed by atoms with Crippen LogP contribution >= 0.6 is 0 Å². The number of nitrogen functional groups attached to an aromatic ring is 1. The van der Waals surface area contributed by atoms with Gasteiger partial charge in [-0.1, -0.05) is 0 Å². The molecule has 5 nitrogen and oxygen atoms in total. The van der Waals surface area contributed by atoms with Crippen molar-refractivity contribution in [2.45, 2.75) is 44.8 Å². The van der Waals surface area contributed by atoms with Crippen molar-refractivity contribution in [1.82, 2.24) is 4.57 Å². The first-order valence-electron chi connectivity index (χ1n) is 6.88. The molecule has 1 fully saturated rings. The van der Waals surface area contributed by atoms with Crippen LogP contribution in [0.3, 0.4) is 0 Å². The minimum Gasteiger partial charge on any atom is -0.384 e. The molecule has 1 aliphatic carbocycles. The smallest absolute Gasteiger partial charge is 0.261 e. The fourth-order valence-electron chi connectivity index (χ4n) is 3.10. The number of nitrogens with two attached hydrogens (primary N) is 1. The normalized spacial score (nSPS) is 21.6. The molecule has 0 spiro atoms. The van der Waals surface area contributed by atoms with Gasteiger partial charge in [-0.25, -0.2) is 0 Å². The number of nitrogens with one attached hydrogen (secondary N) is 1. The highest BCUT2D eigenvalue weighted by molar-refractivity contribution is 5.94. The van der Waals surface area contributed by atoms with Crippen LogP contribution in [-0.4, -0.2) is 23.1 Å². The van der Waals surface area contributed by atoms with Gasteiger partial charge in [0.15, 0.2) is 0 Å². The summed E-state index contributed by atoms with van der Waals surface area (Å²) in [6.45, 7) is 1.39. The summed E-state index contributed by atoms with van der Waals surface area (Å²) < 4.78 is 7.43. The summed E-state index contributed by atoms with van der Waals surface area (Å²) in [5, 5.41) is 7.55. The standard InChI is InChI=1S/C14H19N3O2/c15-13(16)11-7-9-3-1-5-12(9)17(14(11)18)8-10-4-2-6-19-10/h7,10H,1-6,8H2,(H3,15,16). The summed E-state index contributed by atoms with van der Waals surface area (Å²) in [4.78, 5) is 12.4. The predicted octanol–water partition coefficient (Wildman–Crippen LogP) is 0.800. The minimum atomic E-state index is -0.138. The van der Waals surface area contributed by atoms with E-state index in [0.29, 0.717) is 12.1 Å². The fraction of sp³-hybridized carbons (Fsp3) is 0.571. The molecule has 1 aromatic rings. The van der Waals surface area contributed by atoms with Gasteiger partial charge in [0.2, 0.25) is 0 Å². The molecule has 1 aromatic heterocycles. The summed E-state index contributed by atoms with van der Waals surface area (Å²) in [5.41, 5.74) is 8.01. The first kappa shape index (κ1) is 12.4. The molecule has 1 unspecified atom stereocenters. The second-order valence-electron chi connectivity index (χ2n) is 5.35. The van der Waals surface area contributed by atoms with Gasteiger partial charge in [0.1, 0.15) is 5.84 Å². The van der Waals surface area contributed by atoms with Gasteiger partial charge < -0.3 is 15.0 Å². The zero-order chi connectivity index (χ0) is 13.4. The highest BCUT2D eigenvalue weighted by Crippen LogP contribution is 2.23. The molecule has 0 radical (unpaired) electrons. The molecule has 102 valence electrons. The van der Waals surface area contributed by atoms with Crippen molar-refractivity contribution in [2.24, 2.45) is 5.73 Å². The summed E-state index contributed by atoms with van der Waals surface area (Å²) >= 11 is 0. The molecule has 5 heteroatoms. The molecule has 2 aliphatic rings. The van der Waals surface area contributed by atoms with Crippen LogP contribution in [0.5, 0.6) is 0 Å². The lowest BCUT2D eigenvalue weighted by Gasteiger charge is -2.17. The number of pyridine rings is 1. The van der Waals surface area contributed by atoms with Crippen LogP contribution in [0.2, 0.25) is 0 Å². The second-order valence-corrected chi connectivity index (χ2v) is 5.35. The molecule has 1 saturated heterocycles. The van der Waals surface area contributed by atoms with Gasteiger partial charge in [-0.2, -0.15) is 0 Å². The lowest BCUT2D eigenvalue weighted by Crippen LogP contribution is -2.34. The highest BCUT2D eigenvalue weighted by atomic mass is 16.5. The predicted molar refractivity (Wildman–Crippen MR) is 72.7 cm³/mol. The topological polar surface area (TPSA) is 81.1 Å². The molecule has 2 heterocycles. The molecule has 0 saturated carbocycles. The van der Waals surface area contributed by atoms with Crippen molar-refractivity contribution in [1.29, 1.82) is 5.41 Å². The van der Waals surface area contributed by atoms with Gasteiger partial charge in [-0.3, -0.25) is 10.2 Å². The molecule has 0 bridgehead atoms. The van der Waals surface area contributed by atoms with Crippen LogP contribution in [0.4, 0.5) is 0 Å². The maximum atomic E-state index is 12.4. The maximum absolute atomic E-state index is 12.4. The molecule has 1 aliphatic heterocycles. The van der Waals surface area contributed by atoms with Crippen molar-refractivity contribution in [3.63, 3.8) is 0 Å². The summed E-state index contributed by atoms with van der Waals surface area (Å²) in [6.07, 6.45) is 5.18. The number of ether oxygens (including phenoxy) is 1. The zero-order valence-electron chi connectivity index (χ0n) is 10.9. The van der Waals surface area contributed by atoms with E-state index < -0.39 is 0 Å². The van der Waals surface area contributed by atoms with Gasteiger partial charge in [0, 0.05) is 12.3 Å². The Morgan fingerprint density at radius 3 is 3.00 bits per heavy atom. The highest BCUT2D eigenvalue weighted by Gasteiger charge is 2.23. The van der Waals surface area contributed by atoms with E-state index in [9.17, 15) is 4.79 Å². The molecule has 3 rings (SSSR count). The van der Waals surface area contributed by atoms with Crippen LogP contribution in [0.25, 0.3) is 0 Å². The quantitative estimate of drug-likeness (QED) is 0.624. The van der Waals surface area contributed by atoms with Gasteiger partial charge in [-0.05, 0) is 43.7 Å². The number of aryl methyl sites for hydroxylation is 1. The Hall–Kier alpha value is -1.62. The van der Waals surface area contributed by atoms with E-state index in [-0.39, 0.29) is 17.5 Å². The fourth-order valence-corrected chi connectivity index (χ4v) is 3.10. The van der Waals surface area contributed by atoms with Gasteiger partial charge in [-0.15, -0.1) is 0 Å². The monoisotopic (exact) mass is 261 g/mol. The largest absolute Gasteiger partial charge is 0.384 e. The lowest BCUT2D eigenvalue weighted by atomic mass is 10.1. The van der Waals surface area contributed by atoms with Crippen molar-refractivity contribution in [2.75, 3.05) is 6.61 Å². The van der Waals surface area contributed by atoms with E-state index in [1.54, 1.807) is 10.6 Å². The van der Waals surface area contributed by atoms with Crippen molar-refractivity contribution < 1.29 is 4.74 Å². The number of rotatable bonds is 3. The molecular formula is C14H19N3O2. The van der Waals surface area contributed by atoms with E-state index in [1.165, 1.54) is 5.56 Å². The summed E-state index contributed by atoms with van der Waals surface area (Å²) in [6, 6.07) is 1.80. The average Bonchev–Trinajstić information content (AvgIpc) is 3.02. The Bertz CT molecular complexity index is 571. The van der Waals surface area contributed by atoms with E-state index in [4.69, 9.17) is 15.9 Å². The van der Waals surface area contributed by atoms with E-state index in [0.717, 1.165) is 44.4 Å². The van der Waals surface area contributed by atoms with Crippen LogP contribution in [0, 0.1) is 5.41 Å². The van der Waals surface area contributed by atoms with Gasteiger partial charge in [0.25, 0.3) is 5.56 Å². The van der Waals surface area contributed by atoms with E-state index in [1.807, 2.05) is 0 Å². The van der Waals surface area contributed by atoms with Crippen LogP contribution in [0.1, 0.15) is 36.1 Å². The Balaban J connectivity index is 2.05. The van der Waals surface area contributed by atoms with Gasteiger partial charge >= 0.3 is 0 Å². The van der Waals surface area contributed by atoms with Gasteiger partial charge in [0.05, 0.1) is 18.2 Å². The Labute approximate surface area is 111 Å². The van der Waals surface area contributed by atoms with Crippen molar-refractivity contribution >= 4 is 5.84 Å². The first-order valence-corrected chi connectivity index (χ1v) is 6.88. The average molecular weight is 261 g/mol. The maximum Gasteiger partial charge on any atom is 0.261 e. The zero-order valence-corrected chi connectivity index (χ0v) is 10.9. The SMILES string of the molecule is N=C(N)c1cc2c(n(CC3CCCO3)c1=O)CCC2. The van der Waals surface area contributed by atoms with Crippen molar-refractivity contribution in [3.05, 3.63) is 33.2 Å². The molecule has 0 aromatic carbocycles. The Morgan fingerprint density at radius 1 is 1.47 bits per heavy atom. The Morgan fingerprint density at radius 2 is 2.32 bits per heavy atom. The molecule has 19 heavy (non-hydrogen) atoms. The molecular weight excluding hydrogens is 242 g/mol. The molecule has 1 atom stereocenters. The molecule has 0 amide bonds. The van der Waals surface area contributed by atoms with E-state index >= 15 is 0 Å². The third-order valence-electron chi connectivity index (χ3n) is 4.05. The summed E-state index contributed by atoms with van der Waals surface area (Å²) in [7, 11) is 0. The minimum absolute atomic E-state index is 0.129. The number of nitrogens with zero attached hydrogens (tertiary/aromatic N) is 1. The Kier molecular flexibility index (Phi) is 3.14. The lowest BCUT2D eigenvalue weighted by molar-refractivity contribution is 0.0955. The number of fused-ring (bicyclic) bond motifs is 1. The van der Waals surface area contributed by atoms with Crippen molar-refractivity contribution in [3.8, 4) is 0 Å². The third kappa shape index (κ3) is 2.18. The third-order valence-corrected chi connectivity index (χ3v) is 4.05. The van der Waals surface area contributed by atoms with Crippen LogP contribution in [-0.2, 0) is 24.1 Å². The van der Waals surface area contributed by atoms with E-state index in [2.05, 4.69) is 0 Å².